The van der Waals surface area contributed by atoms with E-state index in [1.165, 1.54) is 10.4 Å². The summed E-state index contributed by atoms with van der Waals surface area (Å²) in [6.07, 6.45) is 1.08. The van der Waals surface area contributed by atoms with E-state index >= 15 is 0 Å². The fraction of sp³-hybridized carbons (Fsp3) is 0.600. The van der Waals surface area contributed by atoms with Gasteiger partial charge in [-0.05, 0) is 36.3 Å². The lowest BCUT2D eigenvalue weighted by Gasteiger charge is -2.11. The van der Waals surface area contributed by atoms with E-state index in [-0.39, 0.29) is 6.04 Å². The zero-order valence-electron chi connectivity index (χ0n) is 8.00. The van der Waals surface area contributed by atoms with E-state index in [1.54, 1.807) is 11.3 Å². The van der Waals surface area contributed by atoms with Crippen molar-refractivity contribution in [3.05, 3.63) is 21.9 Å². The molecule has 0 fully saturated rings. The van der Waals surface area contributed by atoms with Crippen LogP contribution in [0.25, 0.3) is 0 Å². The molecule has 1 aromatic rings. The fourth-order valence-corrected chi connectivity index (χ4v) is 2.07. The Morgan fingerprint density at radius 1 is 1.50 bits per heavy atom. The predicted molar refractivity (Wildman–Crippen MR) is 55.4 cm³/mol. The summed E-state index contributed by atoms with van der Waals surface area (Å²) >= 11 is 1.78. The van der Waals surface area contributed by atoms with Crippen molar-refractivity contribution in [1.82, 2.24) is 0 Å². The molecule has 0 spiro atoms. The van der Waals surface area contributed by atoms with Crippen molar-refractivity contribution in [1.29, 1.82) is 0 Å². The predicted octanol–water partition coefficient (Wildman–Crippen LogP) is 3.10. The Balaban J connectivity index is 2.58. The van der Waals surface area contributed by atoms with Crippen LogP contribution in [0.2, 0.25) is 0 Å². The van der Waals surface area contributed by atoms with Crippen LogP contribution in [0.4, 0.5) is 0 Å². The van der Waals surface area contributed by atoms with Gasteiger partial charge in [-0.15, -0.1) is 11.3 Å². The molecule has 2 N–H and O–H groups in total. The molecule has 0 amide bonds. The average molecular weight is 183 g/mol. The van der Waals surface area contributed by atoms with Crippen molar-refractivity contribution < 1.29 is 0 Å². The molecule has 1 rings (SSSR count). The Hall–Kier alpha value is -0.340. The smallest absolute Gasteiger partial charge is 0.0305 e. The van der Waals surface area contributed by atoms with Crippen LogP contribution >= 0.6 is 11.3 Å². The summed E-state index contributed by atoms with van der Waals surface area (Å²) < 4.78 is 0. The van der Waals surface area contributed by atoms with Gasteiger partial charge < -0.3 is 5.73 Å². The highest BCUT2D eigenvalue weighted by atomic mass is 32.1. The third-order valence-corrected chi connectivity index (χ3v) is 2.78. The third kappa shape index (κ3) is 2.61. The van der Waals surface area contributed by atoms with Crippen LogP contribution in [0.15, 0.2) is 11.4 Å². The molecule has 2 heteroatoms. The molecular formula is C10H17NS. The first-order chi connectivity index (χ1) is 5.59. The molecule has 1 heterocycles. The summed E-state index contributed by atoms with van der Waals surface area (Å²) in [7, 11) is 0. The second kappa shape index (κ2) is 4.06. The molecule has 68 valence electrons. The van der Waals surface area contributed by atoms with Gasteiger partial charge in [-0.3, -0.25) is 0 Å². The second-order valence-electron chi connectivity index (χ2n) is 3.73. The quantitative estimate of drug-likeness (QED) is 0.765. The standard InChI is InChI=1S/C10H17NS/c1-7(2)4-10(11)9-5-8(3)12-6-9/h5-7,10H,4,11H2,1-3H3. The first kappa shape index (κ1) is 9.75. The van der Waals surface area contributed by atoms with Gasteiger partial charge >= 0.3 is 0 Å². The van der Waals surface area contributed by atoms with Gasteiger partial charge in [0.2, 0.25) is 0 Å². The van der Waals surface area contributed by atoms with Crippen LogP contribution in [0.5, 0.6) is 0 Å². The molecule has 1 nitrogen and oxygen atoms in total. The maximum atomic E-state index is 6.02. The number of aryl methyl sites for hydroxylation is 1. The van der Waals surface area contributed by atoms with Gasteiger partial charge in [0, 0.05) is 10.9 Å². The SMILES string of the molecule is Cc1cc(C(N)CC(C)C)cs1. The lowest BCUT2D eigenvalue weighted by atomic mass is 10.00. The number of hydrogen-bond donors (Lipinski definition) is 1. The minimum absolute atomic E-state index is 0.231. The van der Waals surface area contributed by atoms with Gasteiger partial charge in [0.1, 0.15) is 0 Å². The van der Waals surface area contributed by atoms with Gasteiger partial charge in [-0.2, -0.15) is 0 Å². The minimum atomic E-state index is 0.231. The van der Waals surface area contributed by atoms with Gasteiger partial charge in [-0.1, -0.05) is 13.8 Å². The second-order valence-corrected chi connectivity index (χ2v) is 4.84. The lowest BCUT2D eigenvalue weighted by molar-refractivity contribution is 0.511. The highest BCUT2D eigenvalue weighted by Gasteiger charge is 2.08. The molecule has 0 radical (unpaired) electrons. The normalized spacial score (nSPS) is 13.8. The third-order valence-electron chi connectivity index (χ3n) is 1.90. The molecule has 0 saturated carbocycles. The summed E-state index contributed by atoms with van der Waals surface area (Å²) in [5.74, 6) is 0.681. The lowest BCUT2D eigenvalue weighted by Crippen LogP contribution is -2.11. The first-order valence-electron chi connectivity index (χ1n) is 4.40. The number of nitrogens with two attached hydrogens (primary N) is 1. The van der Waals surface area contributed by atoms with E-state index in [4.69, 9.17) is 5.73 Å². The maximum absolute atomic E-state index is 6.02. The van der Waals surface area contributed by atoms with Crippen LogP contribution in [0, 0.1) is 12.8 Å². The molecule has 0 bridgehead atoms. The van der Waals surface area contributed by atoms with Crippen molar-refractivity contribution in [2.75, 3.05) is 0 Å². The Bertz CT molecular complexity index is 240. The van der Waals surface area contributed by atoms with E-state index in [0.717, 1.165) is 6.42 Å². The highest BCUT2D eigenvalue weighted by Crippen LogP contribution is 2.23. The van der Waals surface area contributed by atoms with Crippen LogP contribution < -0.4 is 5.73 Å². The van der Waals surface area contributed by atoms with Crippen LogP contribution in [-0.4, -0.2) is 0 Å². The summed E-state index contributed by atoms with van der Waals surface area (Å²) in [5, 5.41) is 2.17. The summed E-state index contributed by atoms with van der Waals surface area (Å²) in [4.78, 5) is 1.35. The number of rotatable bonds is 3. The van der Waals surface area contributed by atoms with Crippen LogP contribution in [0.3, 0.4) is 0 Å². The molecular weight excluding hydrogens is 166 g/mol. The molecule has 0 aliphatic rings. The van der Waals surface area contributed by atoms with Crippen molar-refractivity contribution in [3.63, 3.8) is 0 Å². The highest BCUT2D eigenvalue weighted by molar-refractivity contribution is 7.10. The molecule has 0 saturated heterocycles. The molecule has 1 unspecified atom stereocenters. The Morgan fingerprint density at radius 3 is 2.58 bits per heavy atom. The van der Waals surface area contributed by atoms with E-state index in [0.29, 0.717) is 5.92 Å². The van der Waals surface area contributed by atoms with Gasteiger partial charge in [-0.25, -0.2) is 0 Å². The van der Waals surface area contributed by atoms with E-state index in [1.807, 2.05) is 0 Å². The molecule has 0 aliphatic carbocycles. The maximum Gasteiger partial charge on any atom is 0.0305 e. The summed E-state index contributed by atoms with van der Waals surface area (Å²) in [5.41, 5.74) is 7.31. The minimum Gasteiger partial charge on any atom is -0.324 e. The fourth-order valence-electron chi connectivity index (χ4n) is 1.30. The van der Waals surface area contributed by atoms with Gasteiger partial charge in [0.15, 0.2) is 0 Å². The van der Waals surface area contributed by atoms with Gasteiger partial charge in [0.05, 0.1) is 0 Å². The van der Waals surface area contributed by atoms with E-state index < -0.39 is 0 Å². The topological polar surface area (TPSA) is 26.0 Å². The van der Waals surface area contributed by atoms with Gasteiger partial charge in [0.25, 0.3) is 0 Å². The molecule has 1 atom stereocenters. The average Bonchev–Trinajstić information content (AvgIpc) is 2.34. The molecule has 0 aliphatic heterocycles. The van der Waals surface area contributed by atoms with Crippen molar-refractivity contribution >= 4 is 11.3 Å². The molecule has 0 aromatic carbocycles. The number of thiophene rings is 1. The Kier molecular flexibility index (Phi) is 3.29. The Labute approximate surface area is 78.6 Å². The largest absolute Gasteiger partial charge is 0.324 e. The van der Waals surface area contributed by atoms with Crippen molar-refractivity contribution in [3.8, 4) is 0 Å². The number of hydrogen-bond acceptors (Lipinski definition) is 2. The van der Waals surface area contributed by atoms with Crippen molar-refractivity contribution in [2.45, 2.75) is 33.2 Å². The summed E-state index contributed by atoms with van der Waals surface area (Å²) in [6, 6.07) is 2.42. The molecule has 12 heavy (non-hydrogen) atoms. The van der Waals surface area contributed by atoms with Crippen LogP contribution in [-0.2, 0) is 0 Å². The Morgan fingerprint density at radius 2 is 2.17 bits per heavy atom. The zero-order valence-corrected chi connectivity index (χ0v) is 8.82. The van der Waals surface area contributed by atoms with Crippen molar-refractivity contribution in [2.24, 2.45) is 11.7 Å². The van der Waals surface area contributed by atoms with E-state index in [9.17, 15) is 0 Å². The molecule has 1 aromatic heterocycles. The van der Waals surface area contributed by atoms with E-state index in [2.05, 4.69) is 32.2 Å². The van der Waals surface area contributed by atoms with Crippen LogP contribution in [0.1, 0.15) is 36.8 Å². The first-order valence-corrected chi connectivity index (χ1v) is 5.28. The zero-order chi connectivity index (χ0) is 9.14. The summed E-state index contributed by atoms with van der Waals surface area (Å²) in [6.45, 7) is 6.54. The monoisotopic (exact) mass is 183 g/mol.